The van der Waals surface area contributed by atoms with Crippen LogP contribution in [0.3, 0.4) is 0 Å². The Morgan fingerprint density at radius 1 is 1.12 bits per heavy atom. The summed E-state index contributed by atoms with van der Waals surface area (Å²) >= 11 is 0. The van der Waals surface area contributed by atoms with Crippen LogP contribution in [0.2, 0.25) is 0 Å². The van der Waals surface area contributed by atoms with E-state index >= 15 is 0 Å². The van der Waals surface area contributed by atoms with Crippen LogP contribution in [0, 0.1) is 0 Å². The second-order valence-corrected chi connectivity index (χ2v) is 5.85. The van der Waals surface area contributed by atoms with Gasteiger partial charge in [-0.05, 0) is 34.2 Å². The Balaban J connectivity index is 2.31. The minimum Gasteiger partial charge on any atom is -0.315 e. The van der Waals surface area contributed by atoms with Crippen LogP contribution in [0.25, 0.3) is 0 Å². The zero-order chi connectivity index (χ0) is 12.2. The summed E-state index contributed by atoms with van der Waals surface area (Å²) in [7, 11) is 0. The molecule has 0 aliphatic carbocycles. The van der Waals surface area contributed by atoms with Gasteiger partial charge >= 0.3 is 0 Å². The lowest BCUT2D eigenvalue weighted by molar-refractivity contribution is 0.0457. The predicted molar refractivity (Wildman–Crippen MR) is 70.9 cm³/mol. The van der Waals surface area contributed by atoms with Crippen molar-refractivity contribution in [3.8, 4) is 0 Å². The van der Waals surface area contributed by atoms with Gasteiger partial charge in [-0.2, -0.15) is 0 Å². The molecule has 0 radical (unpaired) electrons. The van der Waals surface area contributed by atoms with Crippen LogP contribution in [0.15, 0.2) is 0 Å². The van der Waals surface area contributed by atoms with Gasteiger partial charge in [0, 0.05) is 44.3 Å². The molecule has 0 spiro atoms. The average Bonchev–Trinajstić information content (AvgIpc) is 2.25. The van der Waals surface area contributed by atoms with Crippen LogP contribution >= 0.6 is 0 Å². The Morgan fingerprint density at radius 2 is 1.69 bits per heavy atom. The van der Waals surface area contributed by atoms with Gasteiger partial charge < -0.3 is 5.32 Å². The second-order valence-electron chi connectivity index (χ2n) is 5.85. The number of nitrogens with zero attached hydrogens (tertiary/aromatic N) is 2. The maximum Gasteiger partial charge on any atom is 0.0193 e. The molecule has 3 heteroatoms. The van der Waals surface area contributed by atoms with Crippen molar-refractivity contribution in [1.29, 1.82) is 0 Å². The summed E-state index contributed by atoms with van der Waals surface area (Å²) in [5, 5.41) is 3.43. The predicted octanol–water partition coefficient (Wildman–Crippen LogP) is 1.40. The second kappa shape index (κ2) is 5.99. The first-order valence-corrected chi connectivity index (χ1v) is 6.65. The van der Waals surface area contributed by atoms with Crippen molar-refractivity contribution in [2.45, 2.75) is 46.2 Å². The fourth-order valence-corrected chi connectivity index (χ4v) is 2.32. The highest BCUT2D eigenvalue weighted by atomic mass is 15.3. The van der Waals surface area contributed by atoms with Crippen molar-refractivity contribution < 1.29 is 0 Å². The van der Waals surface area contributed by atoms with E-state index in [1.165, 1.54) is 26.2 Å². The lowest BCUT2D eigenvalue weighted by Crippen LogP contribution is -2.56. The third-order valence-electron chi connectivity index (χ3n) is 3.58. The quantitative estimate of drug-likeness (QED) is 0.783. The minimum atomic E-state index is 0.330. The Kier molecular flexibility index (Phi) is 5.22. The molecule has 16 heavy (non-hydrogen) atoms. The van der Waals surface area contributed by atoms with Crippen LogP contribution in [0.1, 0.15) is 34.6 Å². The smallest absolute Gasteiger partial charge is 0.0193 e. The molecule has 0 aromatic rings. The molecule has 0 saturated carbocycles. The summed E-state index contributed by atoms with van der Waals surface area (Å²) in [6.45, 7) is 18.5. The summed E-state index contributed by atoms with van der Waals surface area (Å²) in [6, 6.07) is 0.669. The van der Waals surface area contributed by atoms with Gasteiger partial charge in [0.1, 0.15) is 0 Å². The van der Waals surface area contributed by atoms with E-state index in [2.05, 4.69) is 49.7 Å². The largest absolute Gasteiger partial charge is 0.315 e. The van der Waals surface area contributed by atoms with Crippen LogP contribution in [-0.2, 0) is 0 Å². The topological polar surface area (TPSA) is 18.5 Å². The summed E-state index contributed by atoms with van der Waals surface area (Å²) in [5.41, 5.74) is 0.330. The van der Waals surface area contributed by atoms with Crippen molar-refractivity contribution in [2.75, 3.05) is 39.3 Å². The van der Waals surface area contributed by atoms with Gasteiger partial charge in [-0.3, -0.25) is 9.80 Å². The SMILES string of the molecule is CCNCC(C)N1CCN(C(C)(C)C)CC1. The standard InChI is InChI=1S/C13H29N3/c1-6-14-11-12(2)15-7-9-16(10-8-15)13(3,4)5/h12,14H,6-11H2,1-5H3. The van der Waals surface area contributed by atoms with Crippen molar-refractivity contribution in [2.24, 2.45) is 0 Å². The summed E-state index contributed by atoms with van der Waals surface area (Å²) in [5.74, 6) is 0. The van der Waals surface area contributed by atoms with E-state index in [9.17, 15) is 0 Å². The molecule has 3 nitrogen and oxygen atoms in total. The maximum atomic E-state index is 3.43. The number of rotatable bonds is 4. The van der Waals surface area contributed by atoms with E-state index in [-0.39, 0.29) is 0 Å². The molecule has 0 aromatic carbocycles. The highest BCUT2D eigenvalue weighted by Gasteiger charge is 2.27. The molecule has 1 unspecified atom stereocenters. The zero-order valence-electron chi connectivity index (χ0n) is 11.7. The van der Waals surface area contributed by atoms with E-state index < -0.39 is 0 Å². The Bertz CT molecular complexity index is 190. The van der Waals surface area contributed by atoms with Crippen molar-refractivity contribution in [3.05, 3.63) is 0 Å². The molecule has 1 saturated heterocycles. The van der Waals surface area contributed by atoms with Crippen LogP contribution in [0.5, 0.6) is 0 Å². The zero-order valence-corrected chi connectivity index (χ0v) is 11.7. The fourth-order valence-electron chi connectivity index (χ4n) is 2.32. The van der Waals surface area contributed by atoms with E-state index in [0.717, 1.165) is 13.1 Å². The third kappa shape index (κ3) is 4.04. The van der Waals surface area contributed by atoms with E-state index in [1.807, 2.05) is 0 Å². The lowest BCUT2D eigenvalue weighted by atomic mass is 10.0. The first-order valence-electron chi connectivity index (χ1n) is 6.65. The first kappa shape index (κ1) is 13.9. The van der Waals surface area contributed by atoms with Gasteiger partial charge in [0.2, 0.25) is 0 Å². The molecular weight excluding hydrogens is 198 g/mol. The maximum absolute atomic E-state index is 3.43. The summed E-state index contributed by atoms with van der Waals surface area (Å²) in [4.78, 5) is 5.19. The number of nitrogens with one attached hydrogen (secondary N) is 1. The summed E-state index contributed by atoms with van der Waals surface area (Å²) in [6.07, 6.45) is 0. The summed E-state index contributed by atoms with van der Waals surface area (Å²) < 4.78 is 0. The molecule has 1 N–H and O–H groups in total. The molecule has 1 atom stereocenters. The number of hydrogen-bond acceptors (Lipinski definition) is 3. The van der Waals surface area contributed by atoms with Crippen molar-refractivity contribution in [3.63, 3.8) is 0 Å². The van der Waals surface area contributed by atoms with E-state index in [4.69, 9.17) is 0 Å². The van der Waals surface area contributed by atoms with E-state index in [0.29, 0.717) is 11.6 Å². The highest BCUT2D eigenvalue weighted by Crippen LogP contribution is 2.16. The average molecular weight is 227 g/mol. The molecule has 0 bridgehead atoms. The normalized spacial score (nSPS) is 22.3. The number of likely N-dealkylation sites (N-methyl/N-ethyl adjacent to an activating group) is 1. The molecule has 96 valence electrons. The number of hydrogen-bond donors (Lipinski definition) is 1. The van der Waals surface area contributed by atoms with Crippen LogP contribution in [-0.4, -0.2) is 60.6 Å². The van der Waals surface area contributed by atoms with Gasteiger partial charge in [0.25, 0.3) is 0 Å². The van der Waals surface area contributed by atoms with Gasteiger partial charge in [-0.25, -0.2) is 0 Å². The van der Waals surface area contributed by atoms with Gasteiger partial charge in [-0.1, -0.05) is 6.92 Å². The molecule has 1 heterocycles. The third-order valence-corrected chi connectivity index (χ3v) is 3.58. The highest BCUT2D eigenvalue weighted by molar-refractivity contribution is 4.84. The molecule has 0 amide bonds. The van der Waals surface area contributed by atoms with E-state index in [1.54, 1.807) is 0 Å². The monoisotopic (exact) mass is 227 g/mol. The van der Waals surface area contributed by atoms with Gasteiger partial charge in [0.15, 0.2) is 0 Å². The molecule has 1 rings (SSSR count). The van der Waals surface area contributed by atoms with Gasteiger partial charge in [0.05, 0.1) is 0 Å². The lowest BCUT2D eigenvalue weighted by Gasteiger charge is -2.44. The minimum absolute atomic E-state index is 0.330. The van der Waals surface area contributed by atoms with Crippen molar-refractivity contribution in [1.82, 2.24) is 15.1 Å². The molecule has 1 aliphatic rings. The molecule has 0 aromatic heterocycles. The molecular formula is C13H29N3. The first-order chi connectivity index (χ1) is 7.45. The van der Waals surface area contributed by atoms with Crippen LogP contribution < -0.4 is 5.32 Å². The fraction of sp³-hybridized carbons (Fsp3) is 1.00. The van der Waals surface area contributed by atoms with Crippen LogP contribution in [0.4, 0.5) is 0 Å². The van der Waals surface area contributed by atoms with Gasteiger partial charge in [-0.15, -0.1) is 0 Å². The molecule has 1 aliphatic heterocycles. The Labute approximate surface area is 101 Å². The Hall–Kier alpha value is -0.120. The Morgan fingerprint density at radius 3 is 2.12 bits per heavy atom. The number of piperazine rings is 1. The van der Waals surface area contributed by atoms with Crippen molar-refractivity contribution >= 4 is 0 Å². The molecule has 1 fully saturated rings.